The van der Waals surface area contributed by atoms with Crippen LogP contribution in [-0.2, 0) is 6.54 Å². The van der Waals surface area contributed by atoms with Crippen molar-refractivity contribution in [3.05, 3.63) is 10.5 Å². The Bertz CT molecular complexity index is 387. The van der Waals surface area contributed by atoms with Crippen molar-refractivity contribution in [2.75, 3.05) is 6.54 Å². The Balaban J connectivity index is 2.72. The number of nitrogens with one attached hydrogen (secondary N) is 2. The first-order valence-corrected chi connectivity index (χ1v) is 7.07. The first-order chi connectivity index (χ1) is 8.13. The number of thioether (sulfide) groups is 1. The summed E-state index contributed by atoms with van der Waals surface area (Å²) in [6.07, 6.45) is 1.07. The number of aromatic nitrogens is 3. The number of nitrogens with zero attached hydrogens (tertiary/aromatic N) is 2. The Hall–Kier alpha value is -0.750. The first-order valence-electron chi connectivity index (χ1n) is 6.19. The molecule has 0 aliphatic heterocycles. The van der Waals surface area contributed by atoms with Gasteiger partial charge in [-0.05, 0) is 19.9 Å². The molecule has 6 heteroatoms. The lowest BCUT2D eigenvalue weighted by Gasteiger charge is -2.22. The van der Waals surface area contributed by atoms with E-state index in [2.05, 4.69) is 36.3 Å². The second-order valence-electron chi connectivity index (χ2n) is 3.95. The monoisotopic (exact) mass is 258 g/mol. The minimum atomic E-state index is -0.126. The van der Waals surface area contributed by atoms with E-state index in [0.29, 0.717) is 17.8 Å². The van der Waals surface area contributed by atoms with Gasteiger partial charge in [0.05, 0.1) is 0 Å². The lowest BCUT2D eigenvalue weighted by molar-refractivity contribution is 0.507. The summed E-state index contributed by atoms with van der Waals surface area (Å²) in [6, 6.07) is 0.446. The Kier molecular flexibility index (Phi) is 5.77. The molecule has 0 radical (unpaired) electrons. The van der Waals surface area contributed by atoms with Crippen LogP contribution in [0.25, 0.3) is 0 Å². The van der Waals surface area contributed by atoms with Crippen LogP contribution in [0, 0.1) is 0 Å². The summed E-state index contributed by atoms with van der Waals surface area (Å²) in [5.74, 6) is 0. The molecule has 17 heavy (non-hydrogen) atoms. The Morgan fingerprint density at radius 1 is 1.47 bits per heavy atom. The Morgan fingerprint density at radius 3 is 2.71 bits per heavy atom. The first kappa shape index (κ1) is 14.3. The molecule has 1 aromatic heterocycles. The van der Waals surface area contributed by atoms with Gasteiger partial charge in [0.1, 0.15) is 0 Å². The molecule has 0 aromatic carbocycles. The number of H-pyrrole nitrogens is 1. The van der Waals surface area contributed by atoms with Crippen LogP contribution in [-0.4, -0.2) is 32.6 Å². The molecule has 1 heterocycles. The zero-order valence-electron chi connectivity index (χ0n) is 11.0. The van der Waals surface area contributed by atoms with Crippen molar-refractivity contribution in [2.45, 2.75) is 57.1 Å². The Morgan fingerprint density at radius 2 is 2.18 bits per heavy atom. The molecule has 0 saturated carbocycles. The molecular formula is C11H22N4OS. The zero-order valence-corrected chi connectivity index (χ0v) is 11.8. The second-order valence-corrected chi connectivity index (χ2v) is 5.30. The zero-order chi connectivity index (χ0) is 12.8. The van der Waals surface area contributed by atoms with Crippen molar-refractivity contribution < 1.29 is 0 Å². The molecule has 0 aliphatic rings. The van der Waals surface area contributed by atoms with Crippen LogP contribution >= 0.6 is 11.8 Å². The average molecular weight is 258 g/mol. The predicted molar refractivity (Wildman–Crippen MR) is 71.6 cm³/mol. The molecule has 2 N–H and O–H groups in total. The quantitative estimate of drug-likeness (QED) is 0.727. The van der Waals surface area contributed by atoms with Gasteiger partial charge in [0, 0.05) is 17.8 Å². The minimum Gasteiger partial charge on any atom is -0.313 e. The van der Waals surface area contributed by atoms with Crippen LogP contribution in [0.5, 0.6) is 0 Å². The molecule has 1 aromatic rings. The van der Waals surface area contributed by atoms with E-state index in [9.17, 15) is 4.79 Å². The van der Waals surface area contributed by atoms with Gasteiger partial charge in [-0.3, -0.25) is 4.57 Å². The number of aromatic amines is 1. The van der Waals surface area contributed by atoms with Crippen LogP contribution in [0.4, 0.5) is 0 Å². The van der Waals surface area contributed by atoms with Crippen molar-refractivity contribution in [3.8, 4) is 0 Å². The number of hydrogen-bond donors (Lipinski definition) is 2. The van der Waals surface area contributed by atoms with Crippen molar-refractivity contribution in [3.63, 3.8) is 0 Å². The number of rotatable bonds is 7. The molecule has 0 fully saturated rings. The van der Waals surface area contributed by atoms with E-state index in [4.69, 9.17) is 0 Å². The highest BCUT2D eigenvalue weighted by Gasteiger charge is 2.18. The summed E-state index contributed by atoms with van der Waals surface area (Å²) < 4.78 is 1.67. The maximum Gasteiger partial charge on any atom is 0.343 e. The summed E-state index contributed by atoms with van der Waals surface area (Å²) in [7, 11) is 0. The molecule has 0 bridgehead atoms. The highest BCUT2D eigenvalue weighted by molar-refractivity contribution is 7.99. The lowest BCUT2D eigenvalue weighted by atomic mass is 10.2. The minimum absolute atomic E-state index is 0.126. The summed E-state index contributed by atoms with van der Waals surface area (Å²) in [6.45, 7) is 10.0. The van der Waals surface area contributed by atoms with E-state index in [1.165, 1.54) is 0 Å². The van der Waals surface area contributed by atoms with E-state index in [1.54, 1.807) is 16.3 Å². The van der Waals surface area contributed by atoms with E-state index >= 15 is 0 Å². The number of hydrogen-bond acceptors (Lipinski definition) is 4. The second kappa shape index (κ2) is 6.86. The third-order valence-electron chi connectivity index (χ3n) is 2.80. The normalized spacial score (nSPS) is 14.8. The summed E-state index contributed by atoms with van der Waals surface area (Å²) in [5.41, 5.74) is -0.126. The van der Waals surface area contributed by atoms with Crippen molar-refractivity contribution >= 4 is 11.8 Å². The van der Waals surface area contributed by atoms with Crippen LogP contribution < -0.4 is 11.0 Å². The molecule has 0 aliphatic carbocycles. The smallest absolute Gasteiger partial charge is 0.313 e. The largest absolute Gasteiger partial charge is 0.343 e. The van der Waals surface area contributed by atoms with Gasteiger partial charge in [-0.2, -0.15) is 0 Å². The highest BCUT2D eigenvalue weighted by atomic mass is 32.2. The van der Waals surface area contributed by atoms with Gasteiger partial charge < -0.3 is 5.32 Å². The van der Waals surface area contributed by atoms with Crippen molar-refractivity contribution in [1.29, 1.82) is 0 Å². The van der Waals surface area contributed by atoms with Gasteiger partial charge in [-0.25, -0.2) is 9.89 Å². The average Bonchev–Trinajstić information content (AvgIpc) is 2.66. The van der Waals surface area contributed by atoms with Gasteiger partial charge in [0.25, 0.3) is 0 Å². The van der Waals surface area contributed by atoms with Gasteiger partial charge in [0.2, 0.25) is 0 Å². The predicted octanol–water partition coefficient (Wildman–Crippen LogP) is 1.46. The maximum absolute atomic E-state index is 11.4. The van der Waals surface area contributed by atoms with Gasteiger partial charge in [-0.1, -0.05) is 32.5 Å². The standard InChI is InChI=1S/C11H22N4OS/c1-5-9(12-6-2)8(4)17-11-14-13-10(16)15(11)7-3/h8-9,12H,5-7H2,1-4H3,(H,13,16). The van der Waals surface area contributed by atoms with Gasteiger partial charge in [0.15, 0.2) is 5.16 Å². The third kappa shape index (κ3) is 3.61. The molecule has 0 saturated heterocycles. The fourth-order valence-corrected chi connectivity index (χ4v) is 3.05. The van der Waals surface area contributed by atoms with Crippen molar-refractivity contribution in [2.24, 2.45) is 0 Å². The van der Waals surface area contributed by atoms with E-state index < -0.39 is 0 Å². The molecule has 5 nitrogen and oxygen atoms in total. The molecule has 98 valence electrons. The van der Waals surface area contributed by atoms with Crippen LogP contribution in [0.3, 0.4) is 0 Å². The van der Waals surface area contributed by atoms with Gasteiger partial charge >= 0.3 is 5.69 Å². The topological polar surface area (TPSA) is 62.7 Å². The fraction of sp³-hybridized carbons (Fsp3) is 0.818. The van der Waals surface area contributed by atoms with Crippen LogP contribution in [0.2, 0.25) is 0 Å². The summed E-state index contributed by atoms with van der Waals surface area (Å²) in [4.78, 5) is 11.4. The van der Waals surface area contributed by atoms with E-state index in [1.807, 2.05) is 6.92 Å². The van der Waals surface area contributed by atoms with Crippen LogP contribution in [0.1, 0.15) is 34.1 Å². The highest BCUT2D eigenvalue weighted by Crippen LogP contribution is 2.23. The molecule has 0 amide bonds. The Labute approximate surface area is 106 Å². The fourth-order valence-electron chi connectivity index (χ4n) is 1.82. The lowest BCUT2D eigenvalue weighted by Crippen LogP contribution is -2.36. The van der Waals surface area contributed by atoms with E-state index in [-0.39, 0.29) is 5.69 Å². The van der Waals surface area contributed by atoms with E-state index in [0.717, 1.165) is 18.1 Å². The van der Waals surface area contributed by atoms with Gasteiger partial charge in [-0.15, -0.1) is 5.10 Å². The third-order valence-corrected chi connectivity index (χ3v) is 4.03. The molecule has 2 unspecified atom stereocenters. The molecular weight excluding hydrogens is 236 g/mol. The SMILES string of the molecule is CCNC(CC)C(C)Sc1n[nH]c(=O)n1CC. The maximum atomic E-state index is 11.4. The molecule has 1 rings (SSSR count). The van der Waals surface area contributed by atoms with Crippen molar-refractivity contribution in [1.82, 2.24) is 20.1 Å². The summed E-state index contributed by atoms with van der Waals surface area (Å²) >= 11 is 1.65. The summed E-state index contributed by atoms with van der Waals surface area (Å²) in [5, 5.41) is 11.2. The van der Waals surface area contributed by atoms with Crippen LogP contribution in [0.15, 0.2) is 9.95 Å². The molecule has 2 atom stereocenters. The molecule has 0 spiro atoms.